The number of carbonyl (C=O) groups is 1. The van der Waals surface area contributed by atoms with E-state index in [0.29, 0.717) is 5.56 Å². The van der Waals surface area contributed by atoms with Crippen LogP contribution >= 0.6 is 0 Å². The van der Waals surface area contributed by atoms with Crippen molar-refractivity contribution in [3.8, 4) is 11.8 Å². The van der Waals surface area contributed by atoms with Crippen LogP contribution in [0.1, 0.15) is 17.5 Å². The van der Waals surface area contributed by atoms with E-state index in [1.54, 1.807) is 0 Å². The molecule has 0 saturated carbocycles. The Balaban J connectivity index is 2.89. The number of hydrogen-bond acceptors (Lipinski definition) is 2. The zero-order valence-corrected chi connectivity index (χ0v) is 8.93. The van der Waals surface area contributed by atoms with Crippen molar-refractivity contribution in [3.63, 3.8) is 0 Å². The van der Waals surface area contributed by atoms with Gasteiger partial charge in [0.05, 0.1) is 12.7 Å². The van der Waals surface area contributed by atoms with Gasteiger partial charge in [-0.05, 0) is 18.6 Å². The highest BCUT2D eigenvalue weighted by Gasteiger charge is 2.04. The van der Waals surface area contributed by atoms with Gasteiger partial charge >= 0.3 is 5.97 Å². The van der Waals surface area contributed by atoms with Gasteiger partial charge in [-0.25, -0.2) is 8.78 Å². The quantitative estimate of drug-likeness (QED) is 0.540. The van der Waals surface area contributed by atoms with Gasteiger partial charge in [0, 0.05) is 6.07 Å². The number of benzene rings is 1. The molecule has 4 heteroatoms. The molecule has 0 radical (unpaired) electrons. The van der Waals surface area contributed by atoms with Crippen LogP contribution < -0.4 is 0 Å². The second-order valence-electron chi connectivity index (χ2n) is 3.14. The first-order valence-corrected chi connectivity index (χ1v) is 4.56. The number of carbonyl (C=O) groups excluding carboxylic acids is 1. The summed E-state index contributed by atoms with van der Waals surface area (Å²) in [6.07, 6.45) is -0.119. The lowest BCUT2D eigenvalue weighted by Crippen LogP contribution is -1.97. The number of esters is 1. The Labute approximate surface area is 92.2 Å². The standard InChI is InChI=1S/C12H10F2O2/c1-8-6-9(11(14)7-10(8)13)4-3-5-12(15)16-2/h6-7H,5H2,1-2H3. The second kappa shape index (κ2) is 5.26. The summed E-state index contributed by atoms with van der Waals surface area (Å²) in [5, 5.41) is 0. The van der Waals surface area contributed by atoms with Crippen LogP contribution in [0.2, 0.25) is 0 Å². The Morgan fingerprint density at radius 1 is 1.38 bits per heavy atom. The Bertz CT molecular complexity index is 470. The largest absolute Gasteiger partial charge is 0.468 e. The summed E-state index contributed by atoms with van der Waals surface area (Å²) in [4.78, 5) is 10.7. The van der Waals surface area contributed by atoms with E-state index < -0.39 is 17.6 Å². The van der Waals surface area contributed by atoms with Crippen molar-refractivity contribution in [2.45, 2.75) is 13.3 Å². The van der Waals surface area contributed by atoms with Crippen LogP contribution in [0.15, 0.2) is 12.1 Å². The average Bonchev–Trinajstić information content (AvgIpc) is 2.25. The van der Waals surface area contributed by atoms with E-state index in [-0.39, 0.29) is 12.0 Å². The van der Waals surface area contributed by atoms with Crippen molar-refractivity contribution in [2.75, 3.05) is 7.11 Å². The van der Waals surface area contributed by atoms with E-state index >= 15 is 0 Å². The van der Waals surface area contributed by atoms with Crippen molar-refractivity contribution in [1.82, 2.24) is 0 Å². The molecule has 0 saturated heterocycles. The van der Waals surface area contributed by atoms with Gasteiger partial charge in [0.25, 0.3) is 0 Å². The van der Waals surface area contributed by atoms with Crippen LogP contribution in [0.4, 0.5) is 8.78 Å². The van der Waals surface area contributed by atoms with E-state index in [9.17, 15) is 13.6 Å². The summed E-state index contributed by atoms with van der Waals surface area (Å²) in [6, 6.07) is 2.08. The Morgan fingerprint density at radius 3 is 2.69 bits per heavy atom. The van der Waals surface area contributed by atoms with Crippen LogP contribution in [-0.2, 0) is 9.53 Å². The molecule has 0 atom stereocenters. The van der Waals surface area contributed by atoms with Gasteiger partial charge < -0.3 is 4.74 Å². The third kappa shape index (κ3) is 3.06. The van der Waals surface area contributed by atoms with Crippen molar-refractivity contribution >= 4 is 5.97 Å². The number of methoxy groups -OCH3 is 1. The smallest absolute Gasteiger partial charge is 0.317 e. The second-order valence-corrected chi connectivity index (χ2v) is 3.14. The minimum atomic E-state index is -0.736. The van der Waals surface area contributed by atoms with E-state index in [1.807, 2.05) is 0 Å². The van der Waals surface area contributed by atoms with E-state index in [1.165, 1.54) is 20.1 Å². The Hall–Kier alpha value is -1.89. The zero-order valence-electron chi connectivity index (χ0n) is 8.93. The third-order valence-corrected chi connectivity index (χ3v) is 1.93. The first kappa shape index (κ1) is 12.2. The van der Waals surface area contributed by atoms with Crippen LogP contribution in [0.5, 0.6) is 0 Å². The predicted molar refractivity (Wildman–Crippen MR) is 54.6 cm³/mol. The molecule has 2 nitrogen and oxygen atoms in total. The van der Waals surface area contributed by atoms with Crippen molar-refractivity contribution in [1.29, 1.82) is 0 Å². The number of hydrogen-bond donors (Lipinski definition) is 0. The fourth-order valence-corrected chi connectivity index (χ4v) is 1.04. The Kier molecular flexibility index (Phi) is 4.01. The van der Waals surface area contributed by atoms with Gasteiger partial charge in [0.2, 0.25) is 0 Å². The molecule has 16 heavy (non-hydrogen) atoms. The summed E-state index contributed by atoms with van der Waals surface area (Å²) in [6.45, 7) is 1.51. The highest BCUT2D eigenvalue weighted by atomic mass is 19.1. The van der Waals surface area contributed by atoms with Gasteiger partial charge in [-0.15, -0.1) is 0 Å². The molecule has 0 unspecified atom stereocenters. The number of ether oxygens (including phenoxy) is 1. The molecule has 0 heterocycles. The molecule has 0 aliphatic heterocycles. The SMILES string of the molecule is COC(=O)CC#Cc1cc(C)c(F)cc1F. The molecule has 0 amide bonds. The van der Waals surface area contributed by atoms with Gasteiger partial charge in [0.1, 0.15) is 18.1 Å². The summed E-state index contributed by atoms with van der Waals surface area (Å²) < 4.78 is 30.4. The lowest BCUT2D eigenvalue weighted by molar-refractivity contribution is -0.139. The monoisotopic (exact) mass is 224 g/mol. The molecule has 84 valence electrons. The maximum atomic E-state index is 13.2. The molecule has 0 aliphatic rings. The van der Waals surface area contributed by atoms with Crippen LogP contribution in [0.3, 0.4) is 0 Å². The number of aryl methyl sites for hydroxylation is 1. The topological polar surface area (TPSA) is 26.3 Å². The maximum Gasteiger partial charge on any atom is 0.317 e. The van der Waals surface area contributed by atoms with Crippen LogP contribution in [0.25, 0.3) is 0 Å². The zero-order chi connectivity index (χ0) is 12.1. The summed E-state index contributed by atoms with van der Waals surface area (Å²) >= 11 is 0. The molecule has 0 bridgehead atoms. The minimum absolute atomic E-state index is 0.0720. The van der Waals surface area contributed by atoms with Crippen LogP contribution in [-0.4, -0.2) is 13.1 Å². The van der Waals surface area contributed by atoms with E-state index in [2.05, 4.69) is 16.6 Å². The fraction of sp³-hybridized carbons (Fsp3) is 0.250. The molecule has 1 aromatic carbocycles. The molecule has 0 N–H and O–H groups in total. The normalized spacial score (nSPS) is 9.25. The van der Waals surface area contributed by atoms with Gasteiger partial charge in [-0.1, -0.05) is 11.8 Å². The molecular weight excluding hydrogens is 214 g/mol. The predicted octanol–water partition coefficient (Wildman–Crippen LogP) is 2.19. The molecule has 0 spiro atoms. The van der Waals surface area contributed by atoms with E-state index in [0.717, 1.165) is 6.07 Å². The van der Waals surface area contributed by atoms with Crippen molar-refractivity contribution < 1.29 is 18.3 Å². The van der Waals surface area contributed by atoms with Crippen LogP contribution in [0, 0.1) is 30.4 Å². The minimum Gasteiger partial charge on any atom is -0.468 e. The lowest BCUT2D eigenvalue weighted by Gasteiger charge is -1.98. The summed E-state index contributed by atoms with van der Waals surface area (Å²) in [5.41, 5.74) is 0.381. The summed E-state index contributed by atoms with van der Waals surface area (Å²) in [7, 11) is 1.24. The third-order valence-electron chi connectivity index (χ3n) is 1.93. The summed E-state index contributed by atoms with van der Waals surface area (Å²) in [5.74, 6) is 3.06. The van der Waals surface area contributed by atoms with Crippen molar-refractivity contribution in [3.05, 3.63) is 34.9 Å². The number of rotatable bonds is 1. The molecule has 1 aromatic rings. The lowest BCUT2D eigenvalue weighted by atomic mass is 10.1. The van der Waals surface area contributed by atoms with Crippen molar-refractivity contribution in [2.24, 2.45) is 0 Å². The maximum absolute atomic E-state index is 13.2. The molecule has 0 aromatic heterocycles. The highest BCUT2D eigenvalue weighted by molar-refractivity contribution is 5.72. The fourth-order valence-electron chi connectivity index (χ4n) is 1.04. The van der Waals surface area contributed by atoms with Gasteiger partial charge in [-0.2, -0.15) is 0 Å². The van der Waals surface area contributed by atoms with E-state index in [4.69, 9.17) is 0 Å². The van der Waals surface area contributed by atoms with Gasteiger partial charge in [-0.3, -0.25) is 4.79 Å². The molecular formula is C12H10F2O2. The molecule has 0 fully saturated rings. The highest BCUT2D eigenvalue weighted by Crippen LogP contribution is 2.12. The Morgan fingerprint density at radius 2 is 2.06 bits per heavy atom. The average molecular weight is 224 g/mol. The van der Waals surface area contributed by atoms with Gasteiger partial charge in [0.15, 0.2) is 0 Å². The number of halogens is 2. The first-order chi connectivity index (χ1) is 7.54. The molecule has 0 aliphatic carbocycles. The molecule has 1 rings (SSSR count). The first-order valence-electron chi connectivity index (χ1n) is 4.56.